The minimum atomic E-state index is -1.37. The normalized spacial score (nSPS) is 28.0. The zero-order valence-electron chi connectivity index (χ0n) is 10.9. The van der Waals surface area contributed by atoms with Crippen molar-refractivity contribution in [3.63, 3.8) is 0 Å². The van der Waals surface area contributed by atoms with Crippen LogP contribution in [0.2, 0.25) is 0 Å². The van der Waals surface area contributed by atoms with Gasteiger partial charge in [0.15, 0.2) is 5.60 Å². The van der Waals surface area contributed by atoms with Crippen molar-refractivity contribution < 1.29 is 14.6 Å². The van der Waals surface area contributed by atoms with Gasteiger partial charge in [0.05, 0.1) is 10.7 Å². The van der Waals surface area contributed by atoms with Gasteiger partial charge in [-0.05, 0) is 15.9 Å². The summed E-state index contributed by atoms with van der Waals surface area (Å²) in [6, 6.07) is 0. The number of H-pyrrole nitrogens is 1. The Morgan fingerprint density at radius 1 is 1.76 bits per heavy atom. The number of hydrogen-bond acceptors (Lipinski definition) is 5. The fourth-order valence-electron chi connectivity index (χ4n) is 2.08. The third-order valence-corrected chi connectivity index (χ3v) is 3.77. The first-order valence-corrected chi connectivity index (χ1v) is 6.80. The smallest absolute Gasteiger partial charge is 0.330 e. The van der Waals surface area contributed by atoms with Crippen LogP contribution in [0.1, 0.15) is 12.6 Å². The lowest BCUT2D eigenvalue weighted by Crippen LogP contribution is -2.42. The van der Waals surface area contributed by atoms with E-state index in [2.05, 4.69) is 33.4 Å². The number of halogens is 1. The van der Waals surface area contributed by atoms with E-state index >= 15 is 0 Å². The van der Waals surface area contributed by atoms with E-state index in [9.17, 15) is 14.7 Å². The van der Waals surface area contributed by atoms with Gasteiger partial charge in [-0.15, -0.1) is 6.42 Å². The van der Waals surface area contributed by atoms with E-state index in [1.165, 1.54) is 12.5 Å². The average Bonchev–Trinajstić information content (AvgIpc) is 2.78. The third-order valence-electron chi connectivity index (χ3n) is 3.20. The van der Waals surface area contributed by atoms with E-state index in [0.717, 1.165) is 4.57 Å². The molecule has 0 spiro atoms. The Morgan fingerprint density at radius 3 is 3.10 bits per heavy atom. The molecule has 0 bridgehead atoms. The number of aliphatic hydroxyl groups excluding tert-OH is 1. The van der Waals surface area contributed by atoms with Gasteiger partial charge in [0.25, 0.3) is 5.56 Å². The summed E-state index contributed by atoms with van der Waals surface area (Å²) < 4.78 is 12.0. The van der Waals surface area contributed by atoms with E-state index in [0.29, 0.717) is 0 Å². The van der Waals surface area contributed by atoms with Gasteiger partial charge in [0.2, 0.25) is 0 Å². The number of aromatic amines is 1. The molecule has 2 N–H and O–H groups in total. The van der Waals surface area contributed by atoms with Crippen LogP contribution in [0.5, 0.6) is 0 Å². The predicted octanol–water partition coefficient (Wildman–Crippen LogP) is 0.111. The topological polar surface area (TPSA) is 93.5 Å². The van der Waals surface area contributed by atoms with Crippen molar-refractivity contribution in [1.29, 1.82) is 0 Å². The van der Waals surface area contributed by atoms with Crippen LogP contribution in [-0.4, -0.2) is 33.0 Å². The van der Waals surface area contributed by atoms with E-state index < -0.39 is 29.2 Å². The number of rotatable bonds is 4. The highest BCUT2D eigenvalue weighted by atomic mass is 79.9. The summed E-state index contributed by atoms with van der Waals surface area (Å²) in [4.78, 5) is 25.3. The minimum absolute atomic E-state index is 0.0864. The molecule has 112 valence electrons. The van der Waals surface area contributed by atoms with Gasteiger partial charge in [0, 0.05) is 12.6 Å². The maximum absolute atomic E-state index is 11.8. The number of hydrogen-bond donors (Lipinski definition) is 2. The summed E-state index contributed by atoms with van der Waals surface area (Å²) in [5.41, 5.74) is -2.58. The molecule has 0 unspecified atom stereocenters. The molecule has 1 saturated heterocycles. The first-order chi connectivity index (χ1) is 9.93. The molecule has 1 aromatic rings. The molecule has 0 radical (unpaired) electrons. The average molecular weight is 357 g/mol. The largest absolute Gasteiger partial charge is 0.498 e. The van der Waals surface area contributed by atoms with E-state index in [-0.39, 0.29) is 17.5 Å². The first kappa shape index (κ1) is 15.6. The molecule has 1 fully saturated rings. The Hall–Kier alpha value is -1.82. The van der Waals surface area contributed by atoms with Crippen LogP contribution in [0, 0.1) is 12.3 Å². The molecule has 7 nitrogen and oxygen atoms in total. The summed E-state index contributed by atoms with van der Waals surface area (Å²) in [6.45, 7) is 3.30. The Labute approximate surface area is 128 Å². The molecule has 1 aliphatic heterocycles. The Kier molecular flexibility index (Phi) is 4.37. The molecular weight excluding hydrogens is 344 g/mol. The van der Waals surface area contributed by atoms with Crippen molar-refractivity contribution in [1.82, 2.24) is 9.55 Å². The molecular formula is C13H13BrN2O5. The molecule has 21 heavy (non-hydrogen) atoms. The van der Waals surface area contributed by atoms with E-state index in [4.69, 9.17) is 15.9 Å². The number of nitrogens with one attached hydrogen (secondary N) is 1. The van der Waals surface area contributed by atoms with Crippen molar-refractivity contribution >= 4 is 15.9 Å². The lowest BCUT2D eigenvalue weighted by molar-refractivity contribution is -0.0933. The first-order valence-electron chi connectivity index (χ1n) is 6.00. The summed E-state index contributed by atoms with van der Waals surface area (Å²) in [7, 11) is 0. The van der Waals surface area contributed by atoms with Crippen LogP contribution in [0.3, 0.4) is 0 Å². The number of ether oxygens (including phenoxy) is 2. The van der Waals surface area contributed by atoms with Crippen molar-refractivity contribution in [2.75, 3.05) is 6.61 Å². The summed E-state index contributed by atoms with van der Waals surface area (Å²) >= 11 is 3.03. The number of aromatic nitrogens is 2. The summed E-state index contributed by atoms with van der Waals surface area (Å²) in [5.74, 6) is 2.36. The molecule has 1 aliphatic rings. The third kappa shape index (κ3) is 2.81. The zero-order valence-corrected chi connectivity index (χ0v) is 12.5. The van der Waals surface area contributed by atoms with Gasteiger partial charge in [-0.3, -0.25) is 14.3 Å². The van der Waals surface area contributed by atoms with Crippen LogP contribution < -0.4 is 11.2 Å². The van der Waals surface area contributed by atoms with Crippen molar-refractivity contribution in [3.8, 4) is 12.3 Å². The second kappa shape index (κ2) is 5.89. The maximum Gasteiger partial charge on any atom is 0.330 e. The van der Waals surface area contributed by atoms with Crippen molar-refractivity contribution in [3.05, 3.63) is 44.3 Å². The maximum atomic E-state index is 11.8. The lowest BCUT2D eigenvalue weighted by atomic mass is 9.99. The predicted molar refractivity (Wildman–Crippen MR) is 77.5 cm³/mol. The Bertz CT molecular complexity index is 704. The molecule has 2 heterocycles. The molecule has 0 aliphatic carbocycles. The second-order valence-corrected chi connectivity index (χ2v) is 5.33. The minimum Gasteiger partial charge on any atom is -0.498 e. The Morgan fingerprint density at radius 2 is 2.48 bits per heavy atom. The van der Waals surface area contributed by atoms with Crippen LogP contribution in [0.4, 0.5) is 0 Å². The molecule has 1 aromatic heterocycles. The van der Waals surface area contributed by atoms with Gasteiger partial charge in [-0.25, -0.2) is 4.79 Å². The van der Waals surface area contributed by atoms with Gasteiger partial charge < -0.3 is 14.6 Å². The zero-order chi connectivity index (χ0) is 15.6. The number of nitrogens with zero attached hydrogens (tertiary/aromatic N) is 1. The SMILES string of the molecule is C#C[C@]1(COC=C)O[C@@H](n2cc(Br)c(=O)[nH]c2=O)C[C@@H]1O. The fourth-order valence-corrected chi connectivity index (χ4v) is 2.40. The highest BCUT2D eigenvalue weighted by molar-refractivity contribution is 9.10. The summed E-state index contributed by atoms with van der Waals surface area (Å²) in [6.07, 6.45) is 6.15. The van der Waals surface area contributed by atoms with Gasteiger partial charge in [-0.1, -0.05) is 12.5 Å². The number of aliphatic hydroxyl groups is 1. The second-order valence-electron chi connectivity index (χ2n) is 4.48. The molecule has 0 aromatic carbocycles. The lowest BCUT2D eigenvalue weighted by Gasteiger charge is -2.25. The van der Waals surface area contributed by atoms with Crippen LogP contribution >= 0.6 is 15.9 Å². The van der Waals surface area contributed by atoms with Gasteiger partial charge >= 0.3 is 5.69 Å². The van der Waals surface area contributed by atoms with Gasteiger partial charge in [-0.2, -0.15) is 0 Å². The monoisotopic (exact) mass is 356 g/mol. The Balaban J connectivity index is 2.35. The van der Waals surface area contributed by atoms with Crippen molar-refractivity contribution in [2.24, 2.45) is 0 Å². The van der Waals surface area contributed by atoms with E-state index in [1.54, 1.807) is 0 Å². The highest BCUT2D eigenvalue weighted by Crippen LogP contribution is 2.36. The molecule has 0 saturated carbocycles. The quantitative estimate of drug-likeness (QED) is 0.590. The van der Waals surface area contributed by atoms with Gasteiger partial charge in [0.1, 0.15) is 18.9 Å². The van der Waals surface area contributed by atoms with Crippen molar-refractivity contribution in [2.45, 2.75) is 24.4 Å². The van der Waals surface area contributed by atoms with Crippen LogP contribution in [0.15, 0.2) is 33.1 Å². The summed E-state index contributed by atoms with van der Waals surface area (Å²) in [5, 5.41) is 10.1. The molecule has 2 rings (SSSR count). The molecule has 8 heteroatoms. The molecule has 0 amide bonds. The standard InChI is InChI=1S/C13H13BrN2O5/c1-3-13(7-20-4-2)9(17)5-10(21-13)16-6-8(14)11(18)15-12(16)19/h1,4,6,9-10,17H,2,5,7H2,(H,15,18,19)/t9-,10+,13+/m0/s1. The van der Waals surface area contributed by atoms with E-state index in [1.807, 2.05) is 0 Å². The van der Waals surface area contributed by atoms with Crippen LogP contribution in [-0.2, 0) is 9.47 Å². The molecule has 3 atom stereocenters. The fraction of sp³-hybridized carbons (Fsp3) is 0.385. The van der Waals surface area contributed by atoms with Crippen LogP contribution in [0.25, 0.3) is 0 Å². The highest BCUT2D eigenvalue weighted by Gasteiger charge is 2.48. The number of terminal acetylenes is 1.